The van der Waals surface area contributed by atoms with E-state index in [-0.39, 0.29) is 11.7 Å². The maximum absolute atomic E-state index is 12.5. The average Bonchev–Trinajstić information content (AvgIpc) is 2.92. The number of ether oxygens (including phenoxy) is 1. The second-order valence-electron chi connectivity index (χ2n) is 5.21. The van der Waals surface area contributed by atoms with Crippen LogP contribution in [0.1, 0.15) is 18.4 Å². The Morgan fingerprint density at radius 1 is 1.62 bits per heavy atom. The summed E-state index contributed by atoms with van der Waals surface area (Å²) in [5, 5.41) is 18.9. The molecule has 116 valence electrons. The van der Waals surface area contributed by atoms with E-state index >= 15 is 0 Å². The van der Waals surface area contributed by atoms with Gasteiger partial charge in [0.1, 0.15) is 5.41 Å². The lowest BCUT2D eigenvalue weighted by molar-refractivity contribution is -0.131. The standard InChI is InChI=1S/C13H21N5O3/c1-18-9-10(8-16-18)2-5-15-12(19)13(11(14)17-20)3-6-21-7-4-13/h8-9,20H,2-7H2,1H3,(H2,14,17)(H,15,19). The Morgan fingerprint density at radius 3 is 2.90 bits per heavy atom. The molecule has 1 saturated heterocycles. The fraction of sp³-hybridized carbons (Fsp3) is 0.615. The van der Waals surface area contributed by atoms with Gasteiger partial charge in [0.25, 0.3) is 0 Å². The molecule has 1 aliphatic heterocycles. The minimum absolute atomic E-state index is 0.0512. The van der Waals surface area contributed by atoms with Crippen LogP contribution >= 0.6 is 0 Å². The predicted octanol–water partition coefficient (Wildman–Crippen LogP) is -0.378. The number of carbonyl (C=O) groups excluding carboxylic acids is 1. The lowest BCUT2D eigenvalue weighted by Crippen LogP contribution is -2.53. The minimum atomic E-state index is -0.970. The maximum Gasteiger partial charge on any atom is 0.234 e. The van der Waals surface area contributed by atoms with E-state index < -0.39 is 5.41 Å². The van der Waals surface area contributed by atoms with Crippen molar-refractivity contribution >= 4 is 11.7 Å². The van der Waals surface area contributed by atoms with Gasteiger partial charge in [-0.2, -0.15) is 5.10 Å². The SMILES string of the molecule is Cn1cc(CCNC(=O)C2(/C(N)=N/O)CCOCC2)cn1. The van der Waals surface area contributed by atoms with Crippen LogP contribution in [0.5, 0.6) is 0 Å². The van der Waals surface area contributed by atoms with E-state index in [1.165, 1.54) is 0 Å². The monoisotopic (exact) mass is 295 g/mol. The van der Waals surface area contributed by atoms with Crippen LogP contribution in [-0.4, -0.2) is 46.5 Å². The van der Waals surface area contributed by atoms with Gasteiger partial charge in [-0.25, -0.2) is 0 Å². The summed E-state index contributed by atoms with van der Waals surface area (Å²) < 4.78 is 6.98. The van der Waals surface area contributed by atoms with Crippen molar-refractivity contribution in [3.8, 4) is 0 Å². The first kappa shape index (κ1) is 15.3. The third-order valence-corrected chi connectivity index (χ3v) is 3.84. The van der Waals surface area contributed by atoms with E-state index in [1.807, 2.05) is 13.2 Å². The molecule has 4 N–H and O–H groups in total. The number of nitrogens with two attached hydrogens (primary N) is 1. The number of oxime groups is 1. The van der Waals surface area contributed by atoms with Crippen LogP contribution in [-0.2, 0) is 23.0 Å². The molecule has 0 saturated carbocycles. The third kappa shape index (κ3) is 3.33. The first-order valence-electron chi connectivity index (χ1n) is 6.90. The van der Waals surface area contributed by atoms with Crippen molar-refractivity contribution in [1.29, 1.82) is 0 Å². The molecule has 0 radical (unpaired) electrons. The number of carbonyl (C=O) groups is 1. The maximum atomic E-state index is 12.5. The van der Waals surface area contributed by atoms with Gasteiger partial charge in [0.05, 0.1) is 6.20 Å². The molecule has 2 rings (SSSR count). The number of amidine groups is 1. The number of aryl methyl sites for hydroxylation is 1. The average molecular weight is 295 g/mol. The molecular formula is C13H21N5O3. The Hall–Kier alpha value is -2.09. The number of hydrogen-bond acceptors (Lipinski definition) is 5. The Bertz CT molecular complexity index is 520. The number of nitrogens with zero attached hydrogens (tertiary/aromatic N) is 3. The van der Waals surface area contributed by atoms with E-state index in [0.717, 1.165) is 5.56 Å². The fourth-order valence-corrected chi connectivity index (χ4v) is 2.51. The van der Waals surface area contributed by atoms with Crippen LogP contribution in [0.3, 0.4) is 0 Å². The van der Waals surface area contributed by atoms with Gasteiger partial charge in [-0.1, -0.05) is 5.16 Å². The van der Waals surface area contributed by atoms with Gasteiger partial charge in [-0.05, 0) is 24.8 Å². The first-order chi connectivity index (χ1) is 10.1. The molecule has 1 aromatic heterocycles. The van der Waals surface area contributed by atoms with Crippen molar-refractivity contribution in [2.45, 2.75) is 19.3 Å². The molecular weight excluding hydrogens is 274 g/mol. The van der Waals surface area contributed by atoms with Gasteiger partial charge in [0.2, 0.25) is 5.91 Å². The van der Waals surface area contributed by atoms with Crippen LogP contribution in [0, 0.1) is 5.41 Å². The lowest BCUT2D eigenvalue weighted by atomic mass is 9.78. The van der Waals surface area contributed by atoms with Crippen molar-refractivity contribution in [1.82, 2.24) is 15.1 Å². The highest BCUT2D eigenvalue weighted by Crippen LogP contribution is 2.31. The van der Waals surface area contributed by atoms with Gasteiger partial charge in [0.15, 0.2) is 5.84 Å². The molecule has 0 aromatic carbocycles. The van der Waals surface area contributed by atoms with Crippen molar-refractivity contribution in [3.05, 3.63) is 18.0 Å². The van der Waals surface area contributed by atoms with Gasteiger partial charge < -0.3 is 21.0 Å². The summed E-state index contributed by atoms with van der Waals surface area (Å²) in [6.45, 7) is 1.32. The highest BCUT2D eigenvalue weighted by molar-refractivity contribution is 6.06. The quantitative estimate of drug-likeness (QED) is 0.296. The highest BCUT2D eigenvalue weighted by Gasteiger charge is 2.44. The van der Waals surface area contributed by atoms with Crippen LogP contribution in [0.25, 0.3) is 0 Å². The summed E-state index contributed by atoms with van der Waals surface area (Å²) in [6.07, 6.45) is 5.19. The van der Waals surface area contributed by atoms with E-state index in [4.69, 9.17) is 15.7 Å². The zero-order valence-corrected chi connectivity index (χ0v) is 12.1. The zero-order valence-electron chi connectivity index (χ0n) is 12.1. The topological polar surface area (TPSA) is 115 Å². The molecule has 0 aliphatic carbocycles. The smallest absolute Gasteiger partial charge is 0.234 e. The number of hydrogen-bond donors (Lipinski definition) is 3. The van der Waals surface area contributed by atoms with Crippen LogP contribution in [0.2, 0.25) is 0 Å². The molecule has 0 atom stereocenters. The van der Waals surface area contributed by atoms with Crippen molar-refractivity contribution in [2.75, 3.05) is 19.8 Å². The molecule has 0 bridgehead atoms. The zero-order chi connectivity index (χ0) is 15.3. The van der Waals surface area contributed by atoms with E-state index in [9.17, 15) is 4.79 Å². The molecule has 1 aromatic rings. The summed E-state index contributed by atoms with van der Waals surface area (Å²) in [6, 6.07) is 0. The Labute approximate surface area is 122 Å². The van der Waals surface area contributed by atoms with Crippen LogP contribution in [0.4, 0.5) is 0 Å². The predicted molar refractivity (Wildman–Crippen MR) is 75.8 cm³/mol. The number of amides is 1. The third-order valence-electron chi connectivity index (χ3n) is 3.84. The number of nitrogens with one attached hydrogen (secondary N) is 1. The van der Waals surface area contributed by atoms with E-state index in [1.54, 1.807) is 10.9 Å². The van der Waals surface area contributed by atoms with Crippen LogP contribution < -0.4 is 11.1 Å². The number of rotatable bonds is 5. The lowest BCUT2D eigenvalue weighted by Gasteiger charge is -2.34. The van der Waals surface area contributed by atoms with Gasteiger partial charge in [-0.15, -0.1) is 0 Å². The van der Waals surface area contributed by atoms with Gasteiger partial charge in [-0.3, -0.25) is 9.48 Å². The van der Waals surface area contributed by atoms with Crippen LogP contribution in [0.15, 0.2) is 17.5 Å². The summed E-state index contributed by atoms with van der Waals surface area (Å²) in [5.41, 5.74) is 5.81. The largest absolute Gasteiger partial charge is 0.409 e. The molecule has 1 fully saturated rings. The minimum Gasteiger partial charge on any atom is -0.409 e. The summed E-state index contributed by atoms with van der Waals surface area (Å²) in [5.74, 6) is -0.269. The van der Waals surface area contributed by atoms with E-state index in [2.05, 4.69) is 15.6 Å². The Balaban J connectivity index is 1.95. The van der Waals surface area contributed by atoms with Crippen molar-refractivity contribution in [3.63, 3.8) is 0 Å². The summed E-state index contributed by atoms with van der Waals surface area (Å²) in [7, 11) is 1.84. The second-order valence-corrected chi connectivity index (χ2v) is 5.21. The molecule has 8 heteroatoms. The fourth-order valence-electron chi connectivity index (χ4n) is 2.51. The molecule has 2 heterocycles. The van der Waals surface area contributed by atoms with Gasteiger partial charge in [0, 0.05) is 33.0 Å². The van der Waals surface area contributed by atoms with Gasteiger partial charge >= 0.3 is 0 Å². The molecule has 0 unspecified atom stereocenters. The highest BCUT2D eigenvalue weighted by atomic mass is 16.5. The number of aromatic nitrogens is 2. The first-order valence-corrected chi connectivity index (χ1v) is 6.90. The second kappa shape index (κ2) is 6.57. The summed E-state index contributed by atoms with van der Waals surface area (Å²) in [4.78, 5) is 12.5. The molecule has 1 aliphatic rings. The normalized spacial score (nSPS) is 18.4. The van der Waals surface area contributed by atoms with Crippen molar-refractivity contribution < 1.29 is 14.7 Å². The Kier molecular flexibility index (Phi) is 4.79. The Morgan fingerprint density at radius 2 is 2.33 bits per heavy atom. The van der Waals surface area contributed by atoms with E-state index in [0.29, 0.717) is 39.0 Å². The molecule has 1 amide bonds. The molecule has 21 heavy (non-hydrogen) atoms. The van der Waals surface area contributed by atoms with Crippen molar-refractivity contribution in [2.24, 2.45) is 23.4 Å². The summed E-state index contributed by atoms with van der Waals surface area (Å²) >= 11 is 0. The molecule has 0 spiro atoms. The molecule has 8 nitrogen and oxygen atoms in total.